The van der Waals surface area contributed by atoms with E-state index in [1.807, 2.05) is 18.0 Å². The van der Waals surface area contributed by atoms with E-state index in [4.69, 9.17) is 21.1 Å². The maximum atomic E-state index is 14.8. The Hall–Kier alpha value is -4.42. The number of terminal acetylenes is 1. The summed E-state index contributed by atoms with van der Waals surface area (Å²) in [5, 5.41) is 11.8. The number of nitrogens with zero attached hydrogens (tertiary/aromatic N) is 5. The van der Waals surface area contributed by atoms with Gasteiger partial charge in [-0.3, -0.25) is 4.79 Å². The van der Waals surface area contributed by atoms with Gasteiger partial charge in [-0.15, -0.1) is 6.42 Å². The van der Waals surface area contributed by atoms with Gasteiger partial charge in [0, 0.05) is 43.2 Å². The van der Waals surface area contributed by atoms with Crippen LogP contribution in [0.15, 0.2) is 36.9 Å². The Balaban J connectivity index is 1.41. The molecule has 6 rings (SSSR count). The summed E-state index contributed by atoms with van der Waals surface area (Å²) >= 11 is 0. The number of anilines is 1. The highest BCUT2D eigenvalue weighted by Gasteiger charge is 2.31. The lowest BCUT2D eigenvalue weighted by atomic mass is 9.87. The first kappa shape index (κ1) is 29.6. The zero-order valence-electron chi connectivity index (χ0n) is 25.4. The number of ether oxygens (including phenoxy) is 1. The molecule has 2 atom stereocenters. The smallest absolute Gasteiger partial charge is 0.318 e. The molecule has 9 heteroatoms. The Kier molecular flexibility index (Phi) is 8.28. The number of benzene rings is 2. The predicted octanol–water partition coefficient (Wildman–Crippen LogP) is 5.03. The first-order valence-corrected chi connectivity index (χ1v) is 15.3. The molecule has 2 saturated heterocycles. The number of likely N-dealkylation sites (tertiary alicyclic amines) is 2. The Morgan fingerprint density at radius 2 is 2.02 bits per heavy atom. The minimum absolute atomic E-state index is 0.0518. The number of rotatable bonds is 8. The number of amides is 1. The second-order valence-electron chi connectivity index (χ2n) is 12.0. The Morgan fingerprint density at radius 1 is 1.23 bits per heavy atom. The van der Waals surface area contributed by atoms with Crippen molar-refractivity contribution in [3.63, 3.8) is 0 Å². The SMILES string of the molecule is C#Cc1c(F)ccc2cc(O)cc(C3=Cc4nc(OC[C@@H]5CCCN5C)nc(N(C)C[C@@H]5CCCN5C(=O)C=C)c4CC3)c12. The van der Waals surface area contributed by atoms with Crippen LogP contribution in [0.4, 0.5) is 10.2 Å². The fourth-order valence-electron chi connectivity index (χ4n) is 6.93. The number of allylic oxidation sites excluding steroid dienone is 1. The van der Waals surface area contributed by atoms with Gasteiger partial charge in [0.05, 0.1) is 11.3 Å². The highest BCUT2D eigenvalue weighted by molar-refractivity contribution is 6.02. The van der Waals surface area contributed by atoms with E-state index in [-0.39, 0.29) is 23.3 Å². The van der Waals surface area contributed by atoms with E-state index in [0.29, 0.717) is 54.4 Å². The molecular weight excluding hydrogens is 557 g/mol. The molecule has 1 N–H and O–H groups in total. The Morgan fingerprint density at radius 3 is 2.77 bits per heavy atom. The average molecular weight is 596 g/mol. The average Bonchev–Trinajstić information content (AvgIpc) is 3.66. The number of carbonyl (C=O) groups excluding carboxylic acids is 1. The highest BCUT2D eigenvalue weighted by atomic mass is 19.1. The third-order valence-corrected chi connectivity index (χ3v) is 9.25. The van der Waals surface area contributed by atoms with Crippen molar-refractivity contribution in [2.75, 3.05) is 45.2 Å². The van der Waals surface area contributed by atoms with Crippen LogP contribution < -0.4 is 9.64 Å². The van der Waals surface area contributed by atoms with Gasteiger partial charge in [0.25, 0.3) is 0 Å². The molecular formula is C35H38FN5O3. The molecule has 0 spiro atoms. The number of hydrogen-bond donors (Lipinski definition) is 1. The van der Waals surface area contributed by atoms with Gasteiger partial charge in [-0.05, 0) is 99.0 Å². The monoisotopic (exact) mass is 595 g/mol. The van der Waals surface area contributed by atoms with Crippen molar-refractivity contribution in [1.29, 1.82) is 0 Å². The maximum absolute atomic E-state index is 14.8. The van der Waals surface area contributed by atoms with Gasteiger partial charge in [0.1, 0.15) is 24.0 Å². The molecule has 2 aromatic carbocycles. The summed E-state index contributed by atoms with van der Waals surface area (Å²) in [6.07, 6.45) is 14.4. The van der Waals surface area contributed by atoms with Crippen molar-refractivity contribution in [2.45, 2.75) is 50.6 Å². The zero-order chi connectivity index (χ0) is 31.0. The maximum Gasteiger partial charge on any atom is 0.318 e. The number of aromatic nitrogens is 2. The molecule has 3 aromatic rings. The standard InChI is InChI=1S/C35H38FN5O3/c1-5-27-30(36)14-12-23-17-26(42)19-29(33(23)27)22-11-13-28-31(18-22)37-35(44-21-25-10-7-15-39(25)3)38-34(28)40(4)20-24-9-8-16-41(24)32(43)6-2/h1,6,12,14,17-19,24-25,42H,2,7-11,13,15-16,20-21H2,3-4H3/t24-,25-/m0/s1. The van der Waals surface area contributed by atoms with Gasteiger partial charge in [0.15, 0.2) is 0 Å². The molecule has 0 radical (unpaired) electrons. The number of hydrogen-bond acceptors (Lipinski definition) is 7. The number of fused-ring (bicyclic) bond motifs is 2. The molecule has 2 aliphatic heterocycles. The van der Waals surface area contributed by atoms with Crippen LogP contribution in [-0.2, 0) is 11.2 Å². The number of carbonyl (C=O) groups is 1. The first-order valence-electron chi connectivity index (χ1n) is 15.3. The molecule has 228 valence electrons. The van der Waals surface area contributed by atoms with Crippen molar-refractivity contribution < 1.29 is 19.0 Å². The third kappa shape index (κ3) is 5.62. The number of likely N-dealkylation sites (N-methyl/N-ethyl adjacent to an activating group) is 2. The molecule has 0 unspecified atom stereocenters. The molecule has 1 aromatic heterocycles. The third-order valence-electron chi connectivity index (χ3n) is 9.25. The Labute approximate surface area is 257 Å². The Bertz CT molecular complexity index is 1700. The van der Waals surface area contributed by atoms with Crippen LogP contribution in [-0.4, -0.2) is 83.2 Å². The van der Waals surface area contributed by atoms with Crippen LogP contribution in [0.5, 0.6) is 11.8 Å². The second-order valence-corrected chi connectivity index (χ2v) is 12.0. The van der Waals surface area contributed by atoms with Gasteiger partial charge in [-0.1, -0.05) is 18.6 Å². The number of phenols is 1. The summed E-state index contributed by atoms with van der Waals surface area (Å²) in [4.78, 5) is 28.6. The lowest BCUT2D eigenvalue weighted by molar-refractivity contribution is -0.126. The summed E-state index contributed by atoms with van der Waals surface area (Å²) in [6.45, 7) is 6.54. The van der Waals surface area contributed by atoms with Gasteiger partial charge in [0.2, 0.25) is 5.91 Å². The fourth-order valence-corrected chi connectivity index (χ4v) is 6.93. The van der Waals surface area contributed by atoms with Gasteiger partial charge in [-0.2, -0.15) is 9.97 Å². The predicted molar refractivity (Wildman–Crippen MR) is 171 cm³/mol. The summed E-state index contributed by atoms with van der Waals surface area (Å²) in [5.41, 5.74) is 3.46. The minimum Gasteiger partial charge on any atom is -0.508 e. The summed E-state index contributed by atoms with van der Waals surface area (Å²) in [5.74, 6) is 2.84. The van der Waals surface area contributed by atoms with Crippen LogP contribution in [0.2, 0.25) is 0 Å². The highest BCUT2D eigenvalue weighted by Crippen LogP contribution is 2.40. The molecule has 44 heavy (non-hydrogen) atoms. The quantitative estimate of drug-likeness (QED) is 0.289. The number of halogens is 1. The van der Waals surface area contributed by atoms with Crippen molar-refractivity contribution in [2.24, 2.45) is 0 Å². The molecule has 1 amide bonds. The number of aromatic hydroxyl groups is 1. The second kappa shape index (κ2) is 12.3. The van der Waals surface area contributed by atoms with E-state index in [1.54, 1.807) is 18.2 Å². The van der Waals surface area contributed by atoms with Crippen LogP contribution in [0, 0.1) is 18.2 Å². The van der Waals surface area contributed by atoms with Crippen LogP contribution in [0.3, 0.4) is 0 Å². The van der Waals surface area contributed by atoms with Crippen LogP contribution in [0.1, 0.15) is 54.5 Å². The van der Waals surface area contributed by atoms with Gasteiger partial charge in [-0.25, -0.2) is 4.39 Å². The van der Waals surface area contributed by atoms with E-state index >= 15 is 0 Å². The van der Waals surface area contributed by atoms with Crippen LogP contribution in [0.25, 0.3) is 22.4 Å². The van der Waals surface area contributed by atoms with Crippen molar-refractivity contribution >= 4 is 34.1 Å². The van der Waals surface area contributed by atoms with Crippen molar-refractivity contribution in [1.82, 2.24) is 19.8 Å². The van der Waals surface area contributed by atoms with Gasteiger partial charge >= 0.3 is 6.01 Å². The molecule has 2 fully saturated rings. The lowest BCUT2D eigenvalue weighted by Gasteiger charge is -2.31. The molecule has 3 aliphatic rings. The largest absolute Gasteiger partial charge is 0.508 e. The van der Waals surface area contributed by atoms with E-state index in [2.05, 4.69) is 29.3 Å². The zero-order valence-corrected chi connectivity index (χ0v) is 25.4. The topological polar surface area (TPSA) is 82.0 Å². The van der Waals surface area contributed by atoms with E-state index in [1.165, 1.54) is 12.1 Å². The fraction of sp³-hybridized carbons (Fsp3) is 0.400. The summed E-state index contributed by atoms with van der Waals surface area (Å²) in [6, 6.07) is 6.86. The summed E-state index contributed by atoms with van der Waals surface area (Å²) in [7, 11) is 4.10. The lowest BCUT2D eigenvalue weighted by Crippen LogP contribution is -2.42. The van der Waals surface area contributed by atoms with Gasteiger partial charge < -0.3 is 24.5 Å². The molecule has 3 heterocycles. The molecule has 0 saturated carbocycles. The van der Waals surface area contributed by atoms with Crippen molar-refractivity contribution in [3.05, 3.63) is 65.1 Å². The molecule has 1 aliphatic carbocycles. The summed E-state index contributed by atoms with van der Waals surface area (Å²) < 4.78 is 21.0. The minimum atomic E-state index is -0.474. The number of phenolic OH excluding ortho intramolecular Hbond substituents is 1. The van der Waals surface area contributed by atoms with E-state index < -0.39 is 5.82 Å². The molecule has 0 bridgehead atoms. The van der Waals surface area contributed by atoms with E-state index in [0.717, 1.165) is 61.4 Å². The van der Waals surface area contributed by atoms with Crippen LogP contribution >= 0.6 is 0 Å². The van der Waals surface area contributed by atoms with E-state index in [9.17, 15) is 14.3 Å². The van der Waals surface area contributed by atoms with Crippen molar-refractivity contribution in [3.8, 4) is 24.1 Å². The first-order chi connectivity index (χ1) is 21.3. The molecule has 8 nitrogen and oxygen atoms in total. The normalized spacial score (nSPS) is 19.9.